The van der Waals surface area contributed by atoms with Crippen molar-refractivity contribution in [1.82, 2.24) is 4.98 Å². The highest BCUT2D eigenvalue weighted by Crippen LogP contribution is 2.46. The Labute approximate surface area is 183 Å². The van der Waals surface area contributed by atoms with Crippen LogP contribution in [0.4, 0.5) is 11.4 Å². The quantitative estimate of drug-likeness (QED) is 0.394. The van der Waals surface area contributed by atoms with Crippen LogP contribution in [0.5, 0.6) is 23.0 Å². The zero-order valence-electron chi connectivity index (χ0n) is 17.7. The van der Waals surface area contributed by atoms with Crippen LogP contribution in [0.15, 0.2) is 54.9 Å². The van der Waals surface area contributed by atoms with Crippen LogP contribution in [0.3, 0.4) is 0 Å². The Kier molecular flexibility index (Phi) is 7.06. The van der Waals surface area contributed by atoms with Crippen LogP contribution in [0.1, 0.15) is 15.9 Å². The van der Waals surface area contributed by atoms with E-state index in [0.29, 0.717) is 18.0 Å². The van der Waals surface area contributed by atoms with Crippen LogP contribution < -0.4 is 24.3 Å². The molecule has 1 amide bonds. The molecule has 166 valence electrons. The van der Waals surface area contributed by atoms with Gasteiger partial charge in [-0.15, -0.1) is 0 Å². The second kappa shape index (κ2) is 10.1. The van der Waals surface area contributed by atoms with E-state index in [1.165, 1.54) is 27.4 Å². The molecule has 3 aromatic rings. The predicted molar refractivity (Wildman–Crippen MR) is 116 cm³/mol. The number of anilines is 1. The summed E-state index contributed by atoms with van der Waals surface area (Å²) in [5.41, 5.74) is 0.495. The van der Waals surface area contributed by atoms with E-state index in [-0.39, 0.29) is 22.8 Å². The zero-order valence-corrected chi connectivity index (χ0v) is 17.7. The first-order chi connectivity index (χ1) is 15.5. The molecule has 2 aromatic carbocycles. The molecule has 1 N–H and O–H groups in total. The summed E-state index contributed by atoms with van der Waals surface area (Å²) in [5.74, 6) is -0.292. The number of carbonyl (C=O) groups excluding carboxylic acids is 1. The molecule has 0 fully saturated rings. The van der Waals surface area contributed by atoms with E-state index < -0.39 is 16.5 Å². The van der Waals surface area contributed by atoms with Crippen LogP contribution in [0, 0.1) is 10.1 Å². The van der Waals surface area contributed by atoms with Crippen molar-refractivity contribution in [3.05, 3.63) is 76.1 Å². The van der Waals surface area contributed by atoms with Crippen molar-refractivity contribution >= 4 is 17.3 Å². The van der Waals surface area contributed by atoms with Crippen LogP contribution in [0.25, 0.3) is 0 Å². The number of nitro groups is 1. The molecule has 0 atom stereocenters. The van der Waals surface area contributed by atoms with E-state index in [2.05, 4.69) is 10.3 Å². The number of aromatic nitrogens is 1. The maximum Gasteiger partial charge on any atom is 0.327 e. The minimum atomic E-state index is -0.722. The Hall–Kier alpha value is -4.34. The Bertz CT molecular complexity index is 1120. The molecule has 1 heterocycles. The molecule has 32 heavy (non-hydrogen) atoms. The minimum Gasteiger partial charge on any atom is -0.493 e. The van der Waals surface area contributed by atoms with Gasteiger partial charge in [0.2, 0.25) is 11.5 Å². The summed E-state index contributed by atoms with van der Waals surface area (Å²) in [6.45, 7) is 0.295. The molecule has 0 saturated heterocycles. The summed E-state index contributed by atoms with van der Waals surface area (Å²) in [6, 6.07) is 11.6. The van der Waals surface area contributed by atoms with Gasteiger partial charge in [-0.25, -0.2) is 0 Å². The fourth-order valence-electron chi connectivity index (χ4n) is 3.01. The zero-order chi connectivity index (χ0) is 23.1. The number of amides is 1. The topological polar surface area (TPSA) is 122 Å². The average molecular weight is 439 g/mol. The van der Waals surface area contributed by atoms with Crippen molar-refractivity contribution in [2.75, 3.05) is 26.6 Å². The van der Waals surface area contributed by atoms with Gasteiger partial charge in [0.05, 0.1) is 26.3 Å². The molecule has 0 spiro atoms. The average Bonchev–Trinajstić information content (AvgIpc) is 2.81. The SMILES string of the molecule is COc1cc(C(=O)Nc2cccc(OCc3cccnc3)c2)c([N+](=O)[O-])c(OC)c1OC. The number of nitro benzene ring substituents is 1. The highest BCUT2D eigenvalue weighted by Gasteiger charge is 2.32. The molecule has 3 rings (SSSR count). The highest BCUT2D eigenvalue weighted by molar-refractivity contribution is 6.08. The lowest BCUT2D eigenvalue weighted by molar-refractivity contribution is -0.386. The van der Waals surface area contributed by atoms with Crippen molar-refractivity contribution in [3.63, 3.8) is 0 Å². The summed E-state index contributed by atoms with van der Waals surface area (Å²) in [5, 5.41) is 14.4. The number of carbonyl (C=O) groups is 1. The third kappa shape index (κ3) is 4.86. The number of nitrogens with one attached hydrogen (secondary N) is 1. The van der Waals surface area contributed by atoms with Gasteiger partial charge in [-0.1, -0.05) is 12.1 Å². The maximum atomic E-state index is 12.9. The van der Waals surface area contributed by atoms with Gasteiger partial charge < -0.3 is 24.3 Å². The lowest BCUT2D eigenvalue weighted by atomic mass is 10.1. The number of hydrogen-bond acceptors (Lipinski definition) is 8. The number of rotatable bonds is 9. The van der Waals surface area contributed by atoms with E-state index in [1.807, 2.05) is 6.07 Å². The molecule has 0 aliphatic rings. The molecular weight excluding hydrogens is 418 g/mol. The largest absolute Gasteiger partial charge is 0.493 e. The highest BCUT2D eigenvalue weighted by atomic mass is 16.6. The summed E-state index contributed by atoms with van der Waals surface area (Å²) in [4.78, 5) is 28.0. The first-order valence-corrected chi connectivity index (χ1v) is 9.39. The number of benzene rings is 2. The van der Waals surface area contributed by atoms with Crippen molar-refractivity contribution in [2.24, 2.45) is 0 Å². The van der Waals surface area contributed by atoms with E-state index in [9.17, 15) is 14.9 Å². The van der Waals surface area contributed by atoms with Crippen molar-refractivity contribution in [1.29, 1.82) is 0 Å². The van der Waals surface area contributed by atoms with Crippen molar-refractivity contribution in [2.45, 2.75) is 6.61 Å². The van der Waals surface area contributed by atoms with Crippen LogP contribution in [0.2, 0.25) is 0 Å². The lowest BCUT2D eigenvalue weighted by Gasteiger charge is -2.15. The number of pyridine rings is 1. The van der Waals surface area contributed by atoms with E-state index >= 15 is 0 Å². The molecule has 0 bridgehead atoms. The molecule has 10 heteroatoms. The third-order valence-electron chi connectivity index (χ3n) is 4.45. The maximum absolute atomic E-state index is 12.9. The van der Waals surface area contributed by atoms with E-state index in [4.69, 9.17) is 18.9 Å². The molecule has 1 aromatic heterocycles. The van der Waals surface area contributed by atoms with Crippen LogP contribution in [-0.2, 0) is 6.61 Å². The first-order valence-electron chi connectivity index (χ1n) is 9.39. The lowest BCUT2D eigenvalue weighted by Crippen LogP contribution is -2.15. The fourth-order valence-corrected chi connectivity index (χ4v) is 3.01. The van der Waals surface area contributed by atoms with Gasteiger partial charge in [-0.2, -0.15) is 0 Å². The van der Waals surface area contributed by atoms with E-state index in [0.717, 1.165) is 5.56 Å². The smallest absolute Gasteiger partial charge is 0.327 e. The Morgan fingerprint density at radius 2 is 1.84 bits per heavy atom. The van der Waals surface area contributed by atoms with Gasteiger partial charge in [0.1, 0.15) is 17.9 Å². The van der Waals surface area contributed by atoms with Gasteiger partial charge in [0.25, 0.3) is 5.91 Å². The normalized spacial score (nSPS) is 10.2. The molecule has 0 aliphatic heterocycles. The second-order valence-electron chi connectivity index (χ2n) is 6.43. The fraction of sp³-hybridized carbons (Fsp3) is 0.182. The predicted octanol–water partition coefficient (Wildman–Crippen LogP) is 3.85. The number of methoxy groups -OCH3 is 3. The van der Waals surface area contributed by atoms with Gasteiger partial charge in [-0.05, 0) is 18.2 Å². The molecule has 0 radical (unpaired) electrons. The molecule has 10 nitrogen and oxygen atoms in total. The number of hydrogen-bond donors (Lipinski definition) is 1. The van der Waals surface area contributed by atoms with Gasteiger partial charge in [0.15, 0.2) is 5.75 Å². The van der Waals surface area contributed by atoms with Crippen LogP contribution >= 0.6 is 0 Å². The third-order valence-corrected chi connectivity index (χ3v) is 4.45. The van der Waals surface area contributed by atoms with Crippen LogP contribution in [-0.4, -0.2) is 37.1 Å². The standard InChI is InChI=1S/C22H21N3O7/c1-29-18-11-17(19(25(27)28)21(31-3)20(18)30-2)22(26)24-15-7-4-8-16(10-15)32-13-14-6-5-9-23-12-14/h4-12H,13H2,1-3H3,(H,24,26). The summed E-state index contributed by atoms with van der Waals surface area (Å²) in [7, 11) is 3.92. The van der Waals surface area contributed by atoms with Gasteiger partial charge in [-0.3, -0.25) is 19.9 Å². The molecule has 0 saturated carbocycles. The number of nitrogens with zero attached hydrogens (tertiary/aromatic N) is 2. The van der Waals surface area contributed by atoms with E-state index in [1.54, 1.807) is 42.7 Å². The Morgan fingerprint density at radius 3 is 2.47 bits per heavy atom. The van der Waals surface area contributed by atoms with Crippen molar-refractivity contribution < 1.29 is 28.7 Å². The van der Waals surface area contributed by atoms with Crippen molar-refractivity contribution in [3.8, 4) is 23.0 Å². The molecule has 0 aliphatic carbocycles. The Balaban J connectivity index is 1.87. The Morgan fingerprint density at radius 1 is 1.06 bits per heavy atom. The monoisotopic (exact) mass is 439 g/mol. The minimum absolute atomic E-state index is 0.0176. The summed E-state index contributed by atoms with van der Waals surface area (Å²) < 4.78 is 21.3. The second-order valence-corrected chi connectivity index (χ2v) is 6.43. The number of ether oxygens (including phenoxy) is 4. The summed E-state index contributed by atoms with van der Waals surface area (Å²) in [6.07, 6.45) is 3.36. The summed E-state index contributed by atoms with van der Waals surface area (Å²) >= 11 is 0. The van der Waals surface area contributed by atoms with Gasteiger partial charge >= 0.3 is 5.69 Å². The first kappa shape index (κ1) is 22.3. The van der Waals surface area contributed by atoms with Gasteiger partial charge in [0, 0.05) is 35.8 Å². The molecular formula is C22H21N3O7. The molecule has 0 unspecified atom stereocenters.